The second kappa shape index (κ2) is 20.8. The molecule has 0 amide bonds. The number of hydrogen-bond acceptors (Lipinski definition) is 4. The fraction of sp³-hybridized carbons (Fsp3) is 1.00. The van der Waals surface area contributed by atoms with E-state index < -0.39 is 0 Å². The second-order valence-corrected chi connectivity index (χ2v) is 5.51. The highest BCUT2D eigenvalue weighted by atomic mass is 16.6. The van der Waals surface area contributed by atoms with Crippen LogP contribution in [-0.4, -0.2) is 52.9 Å². The zero-order valence-electron chi connectivity index (χ0n) is 14.9. The summed E-state index contributed by atoms with van der Waals surface area (Å²) in [5, 5.41) is 0. The minimum atomic E-state index is 0.630. The van der Waals surface area contributed by atoms with Gasteiger partial charge in [-0.2, -0.15) is 0 Å². The third kappa shape index (κ3) is 19.8. The van der Waals surface area contributed by atoms with E-state index in [2.05, 4.69) is 6.92 Å². The molecule has 0 aromatic carbocycles. The van der Waals surface area contributed by atoms with Crippen LogP contribution in [0.2, 0.25) is 0 Å². The average Bonchev–Trinajstić information content (AvgIpc) is 2.54. The third-order valence-electron chi connectivity index (χ3n) is 3.46. The van der Waals surface area contributed by atoms with Gasteiger partial charge >= 0.3 is 0 Å². The molecule has 22 heavy (non-hydrogen) atoms. The van der Waals surface area contributed by atoms with Crippen LogP contribution in [0.4, 0.5) is 0 Å². The topological polar surface area (TPSA) is 36.9 Å². The summed E-state index contributed by atoms with van der Waals surface area (Å²) in [4.78, 5) is 0. The lowest BCUT2D eigenvalue weighted by molar-refractivity contribution is -0.000841. The van der Waals surface area contributed by atoms with Gasteiger partial charge in [0.2, 0.25) is 0 Å². The van der Waals surface area contributed by atoms with E-state index in [0.717, 1.165) is 13.2 Å². The van der Waals surface area contributed by atoms with Crippen molar-refractivity contribution in [3.63, 3.8) is 0 Å². The molecule has 0 rings (SSSR count). The normalized spacial score (nSPS) is 11.2. The van der Waals surface area contributed by atoms with E-state index in [-0.39, 0.29) is 0 Å². The summed E-state index contributed by atoms with van der Waals surface area (Å²) in [5.74, 6) is 0. The first-order valence-corrected chi connectivity index (χ1v) is 9.22. The molecular weight excluding hydrogens is 280 g/mol. The average molecular weight is 318 g/mol. The van der Waals surface area contributed by atoms with E-state index in [9.17, 15) is 0 Å². The van der Waals surface area contributed by atoms with Gasteiger partial charge in [0.05, 0.1) is 39.6 Å². The Hall–Kier alpha value is -0.160. The highest BCUT2D eigenvalue weighted by molar-refractivity contribution is 4.45. The van der Waals surface area contributed by atoms with E-state index in [1.165, 1.54) is 51.4 Å². The fourth-order valence-electron chi connectivity index (χ4n) is 2.14. The molecule has 0 fully saturated rings. The maximum Gasteiger partial charge on any atom is 0.0701 e. The van der Waals surface area contributed by atoms with Gasteiger partial charge in [-0.05, 0) is 13.3 Å². The molecule has 0 unspecified atom stereocenters. The standard InChI is InChI=1S/C18H38O4/c1-3-5-6-7-8-9-10-11-12-20-15-16-22-18-17-21-14-13-19-4-2/h3-18H2,1-2H3. The first kappa shape index (κ1) is 21.8. The first-order valence-electron chi connectivity index (χ1n) is 9.22. The van der Waals surface area contributed by atoms with Gasteiger partial charge in [-0.3, -0.25) is 0 Å². The first-order chi connectivity index (χ1) is 10.9. The Morgan fingerprint density at radius 2 is 0.818 bits per heavy atom. The number of ether oxygens (including phenoxy) is 4. The van der Waals surface area contributed by atoms with Crippen LogP contribution in [0.15, 0.2) is 0 Å². The van der Waals surface area contributed by atoms with Crippen molar-refractivity contribution in [3.05, 3.63) is 0 Å². The number of rotatable bonds is 19. The van der Waals surface area contributed by atoms with Crippen molar-refractivity contribution in [2.45, 2.75) is 65.2 Å². The molecule has 0 heterocycles. The van der Waals surface area contributed by atoms with Gasteiger partial charge in [-0.15, -0.1) is 0 Å². The summed E-state index contributed by atoms with van der Waals surface area (Å²) in [6.07, 6.45) is 10.7. The Balaban J connectivity index is 2.91. The molecule has 0 spiro atoms. The van der Waals surface area contributed by atoms with Crippen molar-refractivity contribution in [1.29, 1.82) is 0 Å². The highest BCUT2D eigenvalue weighted by Gasteiger charge is 1.94. The number of hydrogen-bond donors (Lipinski definition) is 0. The SMILES string of the molecule is CCCCCCCCCCOCCOCCOCCOCC. The lowest BCUT2D eigenvalue weighted by Crippen LogP contribution is -2.12. The molecule has 0 aliphatic carbocycles. The lowest BCUT2D eigenvalue weighted by Gasteiger charge is -2.07. The Morgan fingerprint density at radius 3 is 1.32 bits per heavy atom. The Bertz CT molecular complexity index is 168. The Labute approximate surface area is 137 Å². The van der Waals surface area contributed by atoms with Gasteiger partial charge in [-0.1, -0.05) is 51.9 Å². The molecule has 0 saturated heterocycles. The molecule has 0 atom stereocenters. The van der Waals surface area contributed by atoms with Crippen LogP contribution < -0.4 is 0 Å². The predicted molar refractivity (Wildman–Crippen MR) is 91.6 cm³/mol. The molecule has 0 saturated carbocycles. The van der Waals surface area contributed by atoms with Gasteiger partial charge in [0.15, 0.2) is 0 Å². The highest BCUT2D eigenvalue weighted by Crippen LogP contribution is 2.08. The van der Waals surface area contributed by atoms with Crippen molar-refractivity contribution in [2.24, 2.45) is 0 Å². The molecule has 0 aromatic rings. The lowest BCUT2D eigenvalue weighted by atomic mass is 10.1. The molecule has 134 valence electrons. The monoisotopic (exact) mass is 318 g/mol. The van der Waals surface area contributed by atoms with Crippen molar-refractivity contribution in [3.8, 4) is 0 Å². The minimum absolute atomic E-state index is 0.630. The van der Waals surface area contributed by atoms with Crippen LogP contribution >= 0.6 is 0 Å². The Morgan fingerprint density at radius 1 is 0.409 bits per heavy atom. The van der Waals surface area contributed by atoms with Crippen LogP contribution in [0.25, 0.3) is 0 Å². The summed E-state index contributed by atoms with van der Waals surface area (Å²) in [5.41, 5.74) is 0. The second-order valence-electron chi connectivity index (χ2n) is 5.51. The largest absolute Gasteiger partial charge is 0.379 e. The van der Waals surface area contributed by atoms with Crippen LogP contribution in [0, 0.1) is 0 Å². The molecule has 4 nitrogen and oxygen atoms in total. The molecule has 0 N–H and O–H groups in total. The van der Waals surface area contributed by atoms with Gasteiger partial charge < -0.3 is 18.9 Å². The fourth-order valence-corrected chi connectivity index (χ4v) is 2.14. The van der Waals surface area contributed by atoms with Crippen molar-refractivity contribution in [1.82, 2.24) is 0 Å². The van der Waals surface area contributed by atoms with Crippen LogP contribution in [-0.2, 0) is 18.9 Å². The summed E-state index contributed by atoms with van der Waals surface area (Å²) < 4.78 is 21.5. The summed E-state index contributed by atoms with van der Waals surface area (Å²) >= 11 is 0. The third-order valence-corrected chi connectivity index (χ3v) is 3.46. The summed E-state index contributed by atoms with van der Waals surface area (Å²) in [7, 11) is 0. The number of unbranched alkanes of at least 4 members (excludes halogenated alkanes) is 7. The molecule has 0 aliphatic heterocycles. The van der Waals surface area contributed by atoms with Gasteiger partial charge in [0.1, 0.15) is 0 Å². The van der Waals surface area contributed by atoms with E-state index >= 15 is 0 Å². The molecule has 4 heteroatoms. The van der Waals surface area contributed by atoms with Gasteiger partial charge in [0.25, 0.3) is 0 Å². The Kier molecular flexibility index (Phi) is 20.7. The van der Waals surface area contributed by atoms with E-state index in [1.54, 1.807) is 0 Å². The summed E-state index contributed by atoms with van der Waals surface area (Å²) in [6.45, 7) is 9.77. The molecule has 0 bridgehead atoms. The van der Waals surface area contributed by atoms with Crippen molar-refractivity contribution in [2.75, 3.05) is 52.9 Å². The molecule has 0 radical (unpaired) electrons. The zero-order chi connectivity index (χ0) is 16.1. The summed E-state index contributed by atoms with van der Waals surface area (Å²) in [6, 6.07) is 0. The molecule has 0 aliphatic rings. The van der Waals surface area contributed by atoms with Crippen LogP contribution in [0.5, 0.6) is 0 Å². The molecular formula is C18H38O4. The van der Waals surface area contributed by atoms with E-state index in [1.807, 2.05) is 6.92 Å². The van der Waals surface area contributed by atoms with E-state index in [4.69, 9.17) is 18.9 Å². The maximum absolute atomic E-state index is 5.55. The smallest absolute Gasteiger partial charge is 0.0701 e. The van der Waals surface area contributed by atoms with Gasteiger partial charge in [0, 0.05) is 13.2 Å². The minimum Gasteiger partial charge on any atom is -0.379 e. The predicted octanol–water partition coefficient (Wildman–Crippen LogP) is 4.21. The maximum atomic E-state index is 5.55. The van der Waals surface area contributed by atoms with Crippen molar-refractivity contribution >= 4 is 0 Å². The van der Waals surface area contributed by atoms with Crippen molar-refractivity contribution < 1.29 is 18.9 Å². The van der Waals surface area contributed by atoms with E-state index in [0.29, 0.717) is 39.6 Å². The zero-order valence-corrected chi connectivity index (χ0v) is 14.9. The van der Waals surface area contributed by atoms with Gasteiger partial charge in [-0.25, -0.2) is 0 Å². The quantitative estimate of drug-likeness (QED) is 0.334. The van der Waals surface area contributed by atoms with Crippen LogP contribution in [0.1, 0.15) is 65.2 Å². The molecule has 0 aromatic heterocycles. The van der Waals surface area contributed by atoms with Crippen LogP contribution in [0.3, 0.4) is 0 Å².